The molecule has 0 aliphatic carbocycles. The quantitative estimate of drug-likeness (QED) is 0.931. The number of amides is 1. The lowest BCUT2D eigenvalue weighted by Crippen LogP contribution is -2.43. The van der Waals surface area contributed by atoms with Gasteiger partial charge < -0.3 is 24.1 Å². The smallest absolute Gasteiger partial charge is 0.254 e. The second-order valence-corrected chi connectivity index (χ2v) is 5.79. The van der Waals surface area contributed by atoms with Crippen LogP contribution >= 0.6 is 0 Å². The van der Waals surface area contributed by atoms with Crippen LogP contribution in [0.1, 0.15) is 16.1 Å². The molecule has 124 valence electrons. The summed E-state index contributed by atoms with van der Waals surface area (Å²) in [6.45, 7) is 2.92. The number of carbonyl (C=O) groups is 1. The van der Waals surface area contributed by atoms with Gasteiger partial charge in [0.2, 0.25) is 0 Å². The molecule has 0 spiro atoms. The van der Waals surface area contributed by atoms with Crippen molar-refractivity contribution in [3.63, 3.8) is 0 Å². The van der Waals surface area contributed by atoms with Crippen LogP contribution in [0.15, 0.2) is 18.2 Å². The second kappa shape index (κ2) is 6.22. The van der Waals surface area contributed by atoms with E-state index in [1.165, 1.54) is 0 Å². The molecule has 1 N–H and O–H groups in total. The number of fused-ring (bicyclic) bond motifs is 1. The molecule has 1 amide bonds. The summed E-state index contributed by atoms with van der Waals surface area (Å²) in [5.74, 6) is 0.620. The zero-order chi connectivity index (χ0) is 16.6. The van der Waals surface area contributed by atoms with Crippen LogP contribution in [0.4, 0.5) is 0 Å². The SMILES string of the molecule is COc1ccc2c(c1)c(C(=O)N[C@H]1COC[C@@H]1OC)c(C)n2C. The van der Waals surface area contributed by atoms with Gasteiger partial charge in [-0.15, -0.1) is 0 Å². The molecule has 1 fully saturated rings. The first-order chi connectivity index (χ1) is 11.1. The Bertz CT molecular complexity index is 738. The van der Waals surface area contributed by atoms with Gasteiger partial charge in [0.15, 0.2) is 0 Å². The van der Waals surface area contributed by atoms with E-state index in [1.807, 2.05) is 36.7 Å². The lowest BCUT2D eigenvalue weighted by Gasteiger charge is -2.17. The normalized spacial score (nSPS) is 20.9. The Hall–Kier alpha value is -2.05. The third kappa shape index (κ3) is 2.68. The highest BCUT2D eigenvalue weighted by Gasteiger charge is 2.31. The molecule has 1 aliphatic rings. The number of methoxy groups -OCH3 is 2. The monoisotopic (exact) mass is 318 g/mol. The fourth-order valence-electron chi connectivity index (χ4n) is 3.11. The van der Waals surface area contributed by atoms with Gasteiger partial charge in [-0.1, -0.05) is 0 Å². The Morgan fingerprint density at radius 1 is 1.35 bits per heavy atom. The molecule has 2 heterocycles. The van der Waals surface area contributed by atoms with Gasteiger partial charge in [0.1, 0.15) is 11.9 Å². The van der Waals surface area contributed by atoms with Crippen molar-refractivity contribution in [3.8, 4) is 5.75 Å². The number of nitrogens with zero attached hydrogens (tertiary/aromatic N) is 1. The lowest BCUT2D eigenvalue weighted by atomic mass is 10.1. The molecule has 1 aromatic heterocycles. The van der Waals surface area contributed by atoms with E-state index in [-0.39, 0.29) is 18.1 Å². The minimum atomic E-state index is -0.132. The van der Waals surface area contributed by atoms with Gasteiger partial charge in [-0.2, -0.15) is 0 Å². The van der Waals surface area contributed by atoms with E-state index < -0.39 is 0 Å². The number of hydrogen-bond acceptors (Lipinski definition) is 4. The zero-order valence-electron chi connectivity index (χ0n) is 13.9. The predicted octanol–water partition coefficient (Wildman–Crippen LogP) is 1.64. The predicted molar refractivity (Wildman–Crippen MR) is 87.1 cm³/mol. The summed E-state index contributed by atoms with van der Waals surface area (Å²) in [7, 11) is 5.21. The third-order valence-electron chi connectivity index (χ3n) is 4.57. The highest BCUT2D eigenvalue weighted by atomic mass is 16.5. The van der Waals surface area contributed by atoms with Gasteiger partial charge in [0.25, 0.3) is 5.91 Å². The van der Waals surface area contributed by atoms with Crippen molar-refractivity contribution < 1.29 is 19.0 Å². The molecule has 0 saturated carbocycles. The molecular weight excluding hydrogens is 296 g/mol. The highest BCUT2D eigenvalue weighted by molar-refractivity contribution is 6.08. The molecular formula is C17H22N2O4. The molecule has 2 aromatic rings. The van der Waals surface area contributed by atoms with Crippen molar-refractivity contribution >= 4 is 16.8 Å². The fraction of sp³-hybridized carbons (Fsp3) is 0.471. The van der Waals surface area contributed by atoms with Crippen molar-refractivity contribution in [2.45, 2.75) is 19.1 Å². The summed E-state index contributed by atoms with van der Waals surface area (Å²) >= 11 is 0. The maximum Gasteiger partial charge on any atom is 0.254 e. The highest BCUT2D eigenvalue weighted by Crippen LogP contribution is 2.28. The van der Waals surface area contributed by atoms with Crippen LogP contribution < -0.4 is 10.1 Å². The number of aryl methyl sites for hydroxylation is 1. The number of carbonyl (C=O) groups excluding carboxylic acids is 1. The van der Waals surface area contributed by atoms with E-state index in [1.54, 1.807) is 14.2 Å². The molecule has 0 unspecified atom stereocenters. The molecule has 0 radical (unpaired) electrons. The fourth-order valence-corrected chi connectivity index (χ4v) is 3.11. The number of hydrogen-bond donors (Lipinski definition) is 1. The van der Waals surface area contributed by atoms with E-state index in [0.29, 0.717) is 18.8 Å². The minimum absolute atomic E-state index is 0.108. The van der Waals surface area contributed by atoms with E-state index in [0.717, 1.165) is 22.3 Å². The van der Waals surface area contributed by atoms with Crippen molar-refractivity contribution in [2.75, 3.05) is 27.4 Å². The third-order valence-corrected chi connectivity index (χ3v) is 4.57. The number of ether oxygens (including phenoxy) is 3. The van der Waals surface area contributed by atoms with Gasteiger partial charge in [-0.25, -0.2) is 0 Å². The van der Waals surface area contributed by atoms with Crippen LogP contribution in [0, 0.1) is 6.92 Å². The maximum atomic E-state index is 12.8. The number of rotatable bonds is 4. The topological polar surface area (TPSA) is 61.7 Å². The standard InChI is InChI=1S/C17H22N2O4/c1-10-16(17(20)18-13-8-23-9-15(13)22-4)12-7-11(21-3)5-6-14(12)19(10)2/h5-7,13,15H,8-9H2,1-4H3,(H,18,20)/t13-,15-/m0/s1. The number of nitrogens with one attached hydrogen (secondary N) is 1. The van der Waals surface area contributed by atoms with Gasteiger partial charge in [-0.3, -0.25) is 4.79 Å². The Morgan fingerprint density at radius 2 is 2.13 bits per heavy atom. The number of aromatic nitrogens is 1. The first-order valence-corrected chi connectivity index (χ1v) is 7.61. The first-order valence-electron chi connectivity index (χ1n) is 7.61. The maximum absolute atomic E-state index is 12.8. The summed E-state index contributed by atoms with van der Waals surface area (Å²) in [4.78, 5) is 12.8. The van der Waals surface area contributed by atoms with Gasteiger partial charge in [0, 0.05) is 30.8 Å². The van der Waals surface area contributed by atoms with Crippen LogP contribution in [0.2, 0.25) is 0 Å². The van der Waals surface area contributed by atoms with E-state index in [4.69, 9.17) is 14.2 Å². The molecule has 1 aromatic carbocycles. The van der Waals surface area contributed by atoms with E-state index >= 15 is 0 Å². The summed E-state index contributed by atoms with van der Waals surface area (Å²) in [6.07, 6.45) is -0.108. The molecule has 0 bridgehead atoms. The van der Waals surface area contributed by atoms with Crippen LogP contribution in [-0.2, 0) is 16.5 Å². The van der Waals surface area contributed by atoms with Crippen LogP contribution in [0.3, 0.4) is 0 Å². The molecule has 6 heteroatoms. The van der Waals surface area contributed by atoms with Gasteiger partial charge in [-0.05, 0) is 25.1 Å². The van der Waals surface area contributed by atoms with Crippen LogP contribution in [0.25, 0.3) is 10.9 Å². The summed E-state index contributed by atoms with van der Waals surface area (Å²) in [5.41, 5.74) is 2.58. The summed E-state index contributed by atoms with van der Waals surface area (Å²) in [6, 6.07) is 5.63. The Kier molecular flexibility index (Phi) is 4.28. The number of benzene rings is 1. The van der Waals surface area contributed by atoms with E-state index in [9.17, 15) is 4.79 Å². The lowest BCUT2D eigenvalue weighted by molar-refractivity contribution is 0.0686. The zero-order valence-corrected chi connectivity index (χ0v) is 13.9. The molecule has 6 nitrogen and oxygen atoms in total. The Morgan fingerprint density at radius 3 is 2.83 bits per heavy atom. The second-order valence-electron chi connectivity index (χ2n) is 5.79. The van der Waals surface area contributed by atoms with Crippen molar-refractivity contribution in [1.29, 1.82) is 0 Å². The molecule has 23 heavy (non-hydrogen) atoms. The molecule has 1 saturated heterocycles. The molecule has 1 aliphatic heterocycles. The average molecular weight is 318 g/mol. The first kappa shape index (κ1) is 15.8. The van der Waals surface area contributed by atoms with Crippen molar-refractivity contribution in [2.24, 2.45) is 7.05 Å². The van der Waals surface area contributed by atoms with Gasteiger partial charge >= 0.3 is 0 Å². The summed E-state index contributed by atoms with van der Waals surface area (Å²) in [5, 5.41) is 3.92. The molecule has 2 atom stereocenters. The summed E-state index contributed by atoms with van der Waals surface area (Å²) < 4.78 is 18.1. The Labute approximate surface area is 135 Å². The average Bonchev–Trinajstić information content (AvgIpc) is 3.10. The van der Waals surface area contributed by atoms with Gasteiger partial charge in [0.05, 0.1) is 31.9 Å². The van der Waals surface area contributed by atoms with Crippen molar-refractivity contribution in [1.82, 2.24) is 9.88 Å². The molecule has 3 rings (SSSR count). The largest absolute Gasteiger partial charge is 0.497 e. The van der Waals surface area contributed by atoms with Crippen LogP contribution in [0.5, 0.6) is 5.75 Å². The van der Waals surface area contributed by atoms with Crippen molar-refractivity contribution in [3.05, 3.63) is 29.5 Å². The van der Waals surface area contributed by atoms with E-state index in [2.05, 4.69) is 5.32 Å². The van der Waals surface area contributed by atoms with Crippen LogP contribution in [-0.4, -0.2) is 50.1 Å². The minimum Gasteiger partial charge on any atom is -0.497 e. The Balaban J connectivity index is 1.98.